The highest BCUT2D eigenvalue weighted by Gasteiger charge is 2.06. The molecule has 3 nitrogen and oxygen atoms in total. The smallest absolute Gasteiger partial charge is 0.173 e. The van der Waals surface area contributed by atoms with Gasteiger partial charge in [-0.1, -0.05) is 12.1 Å². The first-order valence-corrected chi connectivity index (χ1v) is 5.25. The van der Waals surface area contributed by atoms with Crippen LogP contribution in [0.1, 0.15) is 5.56 Å². The Balaban J connectivity index is 2.69. The monoisotopic (exact) mass is 198 g/mol. The summed E-state index contributed by atoms with van der Waals surface area (Å²) >= 11 is -1.07. The van der Waals surface area contributed by atoms with Gasteiger partial charge in [-0.2, -0.15) is 0 Å². The topological polar surface area (TPSA) is 47.1 Å². The summed E-state index contributed by atoms with van der Waals surface area (Å²) < 4.78 is 14.0. The van der Waals surface area contributed by atoms with Crippen LogP contribution in [0.2, 0.25) is 0 Å². The summed E-state index contributed by atoms with van der Waals surface area (Å²) in [6.45, 7) is 0.840. The normalized spacial score (nSPS) is 12.8. The molecule has 1 aromatic carbocycles. The standard InChI is InChI=1S/C9H14N2OS/c1-10-7-8-3-5-9(6-4-8)13(12)11-2/h3-6,10-11H,7H2,1-2H3. The van der Waals surface area contributed by atoms with Crippen molar-refractivity contribution >= 4 is 11.4 Å². The first kappa shape index (κ1) is 10.5. The lowest BCUT2D eigenvalue weighted by atomic mass is 10.2. The SMILES string of the molecule is CNCc1ccc([S+]([O-])NC)cc1. The summed E-state index contributed by atoms with van der Waals surface area (Å²) in [4.78, 5) is 0.808. The quantitative estimate of drug-likeness (QED) is 0.698. The molecular formula is C9H14N2OS. The maximum Gasteiger partial charge on any atom is 0.173 e. The largest absolute Gasteiger partial charge is 0.593 e. The average Bonchev–Trinajstić information content (AvgIpc) is 2.18. The molecule has 0 aromatic heterocycles. The van der Waals surface area contributed by atoms with Crippen molar-refractivity contribution < 1.29 is 4.55 Å². The van der Waals surface area contributed by atoms with Crippen LogP contribution < -0.4 is 10.0 Å². The van der Waals surface area contributed by atoms with E-state index < -0.39 is 11.4 Å². The van der Waals surface area contributed by atoms with Crippen LogP contribution in [-0.2, 0) is 17.9 Å². The maximum absolute atomic E-state index is 11.3. The van der Waals surface area contributed by atoms with Gasteiger partial charge in [0.1, 0.15) is 0 Å². The number of nitrogens with one attached hydrogen (secondary N) is 2. The predicted molar refractivity (Wildman–Crippen MR) is 54.7 cm³/mol. The number of benzene rings is 1. The minimum atomic E-state index is -1.07. The second-order valence-corrected chi connectivity index (χ2v) is 4.06. The molecule has 0 heterocycles. The molecule has 13 heavy (non-hydrogen) atoms. The molecule has 0 aliphatic rings. The zero-order valence-corrected chi connectivity index (χ0v) is 8.65. The van der Waals surface area contributed by atoms with Crippen molar-refractivity contribution in [2.75, 3.05) is 14.1 Å². The van der Waals surface area contributed by atoms with Gasteiger partial charge in [-0.05, 0) is 24.7 Å². The van der Waals surface area contributed by atoms with Crippen molar-refractivity contribution in [2.45, 2.75) is 11.4 Å². The second kappa shape index (κ2) is 5.24. The van der Waals surface area contributed by atoms with Crippen molar-refractivity contribution in [3.8, 4) is 0 Å². The van der Waals surface area contributed by atoms with Crippen LogP contribution in [0.25, 0.3) is 0 Å². The molecule has 0 radical (unpaired) electrons. The summed E-state index contributed by atoms with van der Waals surface area (Å²) in [5.41, 5.74) is 1.19. The highest BCUT2D eigenvalue weighted by Crippen LogP contribution is 2.09. The Morgan fingerprint density at radius 2 is 1.85 bits per heavy atom. The van der Waals surface area contributed by atoms with Crippen molar-refractivity contribution in [1.29, 1.82) is 0 Å². The van der Waals surface area contributed by atoms with E-state index in [1.54, 1.807) is 7.05 Å². The Bertz CT molecular complexity index is 250. The highest BCUT2D eigenvalue weighted by atomic mass is 32.2. The average molecular weight is 198 g/mol. The number of rotatable bonds is 4. The van der Waals surface area contributed by atoms with Crippen molar-refractivity contribution in [3.63, 3.8) is 0 Å². The third-order valence-electron chi connectivity index (χ3n) is 1.70. The predicted octanol–water partition coefficient (Wildman–Crippen LogP) is 0.648. The van der Waals surface area contributed by atoms with Gasteiger partial charge >= 0.3 is 0 Å². The highest BCUT2D eigenvalue weighted by molar-refractivity contribution is 7.89. The van der Waals surface area contributed by atoms with E-state index in [4.69, 9.17) is 0 Å². The Hall–Kier alpha value is -0.550. The van der Waals surface area contributed by atoms with E-state index in [-0.39, 0.29) is 0 Å². The van der Waals surface area contributed by atoms with E-state index in [1.807, 2.05) is 31.3 Å². The minimum Gasteiger partial charge on any atom is -0.593 e. The first-order valence-electron chi connectivity index (χ1n) is 4.10. The van der Waals surface area contributed by atoms with Gasteiger partial charge in [0.15, 0.2) is 4.90 Å². The Morgan fingerprint density at radius 1 is 1.23 bits per heavy atom. The van der Waals surface area contributed by atoms with E-state index in [1.165, 1.54) is 5.56 Å². The molecular weight excluding hydrogens is 184 g/mol. The summed E-state index contributed by atoms with van der Waals surface area (Å²) in [6.07, 6.45) is 0. The molecule has 0 fully saturated rings. The van der Waals surface area contributed by atoms with Crippen LogP contribution in [0.4, 0.5) is 0 Å². The van der Waals surface area contributed by atoms with E-state index in [0.717, 1.165) is 11.4 Å². The van der Waals surface area contributed by atoms with Crippen LogP contribution in [0, 0.1) is 0 Å². The van der Waals surface area contributed by atoms with Gasteiger partial charge < -0.3 is 9.87 Å². The fourth-order valence-electron chi connectivity index (χ4n) is 1.05. The van der Waals surface area contributed by atoms with Crippen LogP contribution in [-0.4, -0.2) is 18.6 Å². The van der Waals surface area contributed by atoms with Crippen LogP contribution >= 0.6 is 0 Å². The molecule has 4 heteroatoms. The Morgan fingerprint density at radius 3 is 2.31 bits per heavy atom. The molecule has 1 unspecified atom stereocenters. The Labute approximate surface area is 81.9 Å². The summed E-state index contributed by atoms with van der Waals surface area (Å²) in [5, 5.41) is 3.06. The number of hydrogen-bond donors (Lipinski definition) is 2. The molecule has 1 aromatic rings. The van der Waals surface area contributed by atoms with Gasteiger partial charge in [0.25, 0.3) is 0 Å². The van der Waals surface area contributed by atoms with Crippen LogP contribution in [0.3, 0.4) is 0 Å². The molecule has 0 bridgehead atoms. The minimum absolute atomic E-state index is 0.808. The van der Waals surface area contributed by atoms with Gasteiger partial charge in [0, 0.05) is 13.6 Å². The number of hydrogen-bond acceptors (Lipinski definition) is 3. The van der Waals surface area contributed by atoms with Gasteiger partial charge in [0.2, 0.25) is 0 Å². The molecule has 0 aliphatic carbocycles. The molecule has 0 aliphatic heterocycles. The van der Waals surface area contributed by atoms with Crippen molar-refractivity contribution in [3.05, 3.63) is 29.8 Å². The van der Waals surface area contributed by atoms with Gasteiger partial charge in [-0.3, -0.25) is 0 Å². The molecule has 0 saturated heterocycles. The van der Waals surface area contributed by atoms with Gasteiger partial charge in [-0.25, -0.2) is 0 Å². The van der Waals surface area contributed by atoms with Crippen molar-refractivity contribution in [1.82, 2.24) is 10.0 Å². The molecule has 72 valence electrons. The lowest BCUT2D eigenvalue weighted by molar-refractivity contribution is 0.587. The van der Waals surface area contributed by atoms with Crippen LogP contribution in [0.15, 0.2) is 29.2 Å². The summed E-state index contributed by atoms with van der Waals surface area (Å²) in [5.74, 6) is 0. The fraction of sp³-hybridized carbons (Fsp3) is 0.333. The third-order valence-corrected chi connectivity index (χ3v) is 2.77. The second-order valence-electron chi connectivity index (χ2n) is 2.65. The van der Waals surface area contributed by atoms with E-state index in [0.29, 0.717) is 0 Å². The molecule has 2 N–H and O–H groups in total. The molecule has 0 spiro atoms. The summed E-state index contributed by atoms with van der Waals surface area (Å²) in [6, 6.07) is 7.70. The van der Waals surface area contributed by atoms with E-state index in [2.05, 4.69) is 10.0 Å². The zero-order valence-electron chi connectivity index (χ0n) is 7.83. The molecule has 1 atom stereocenters. The lowest BCUT2D eigenvalue weighted by Crippen LogP contribution is -2.18. The molecule has 1 rings (SSSR count). The maximum atomic E-state index is 11.3. The molecule has 0 saturated carbocycles. The van der Waals surface area contributed by atoms with E-state index in [9.17, 15) is 4.55 Å². The molecule has 0 amide bonds. The third kappa shape index (κ3) is 3.00. The Kier molecular flexibility index (Phi) is 4.24. The van der Waals surface area contributed by atoms with Gasteiger partial charge in [0.05, 0.1) is 11.4 Å². The fourth-order valence-corrected chi connectivity index (χ4v) is 1.67. The van der Waals surface area contributed by atoms with Crippen LogP contribution in [0.5, 0.6) is 0 Å². The zero-order chi connectivity index (χ0) is 9.68. The van der Waals surface area contributed by atoms with E-state index >= 15 is 0 Å². The lowest BCUT2D eigenvalue weighted by Gasteiger charge is -2.07. The summed E-state index contributed by atoms with van der Waals surface area (Å²) in [7, 11) is 3.58. The van der Waals surface area contributed by atoms with Crippen molar-refractivity contribution in [2.24, 2.45) is 0 Å². The first-order chi connectivity index (χ1) is 6.27. The van der Waals surface area contributed by atoms with Gasteiger partial charge in [-0.15, -0.1) is 4.72 Å².